The van der Waals surface area contributed by atoms with Crippen molar-refractivity contribution < 1.29 is 9.84 Å². The van der Waals surface area contributed by atoms with Gasteiger partial charge in [0.2, 0.25) is 0 Å². The van der Waals surface area contributed by atoms with E-state index in [1.165, 1.54) is 5.56 Å². The Morgan fingerprint density at radius 2 is 2.36 bits per heavy atom. The van der Waals surface area contributed by atoms with Gasteiger partial charge in [0.15, 0.2) is 0 Å². The number of hydrogen-bond acceptors (Lipinski definition) is 2. The third kappa shape index (κ3) is 1.42. The van der Waals surface area contributed by atoms with Crippen molar-refractivity contribution >= 4 is 0 Å². The average Bonchev–Trinajstić information content (AvgIpc) is 2.87. The molecule has 1 aromatic carbocycles. The summed E-state index contributed by atoms with van der Waals surface area (Å²) in [5.41, 5.74) is 2.13. The van der Waals surface area contributed by atoms with Crippen molar-refractivity contribution in [3.05, 3.63) is 35.4 Å². The van der Waals surface area contributed by atoms with Gasteiger partial charge in [0.1, 0.15) is 6.10 Å². The maximum atomic E-state index is 8.82. The molecule has 1 N–H and O–H groups in total. The van der Waals surface area contributed by atoms with Gasteiger partial charge in [-0.2, -0.15) is 0 Å². The van der Waals surface area contributed by atoms with E-state index in [1.54, 1.807) is 0 Å². The topological polar surface area (TPSA) is 32.8 Å². The molecule has 58 valence electrons. The van der Waals surface area contributed by atoms with Gasteiger partial charge in [-0.25, -0.2) is 0 Å². The molecule has 0 spiro atoms. The molecule has 0 amide bonds. The van der Waals surface area contributed by atoms with Crippen molar-refractivity contribution in [1.82, 2.24) is 0 Å². The van der Waals surface area contributed by atoms with E-state index in [0.29, 0.717) is 6.10 Å². The minimum atomic E-state index is 0.112. The molecule has 0 aromatic heterocycles. The number of aliphatic hydroxyl groups is 1. The Balaban J connectivity index is 2.26. The Morgan fingerprint density at radius 1 is 1.55 bits per heavy atom. The molecule has 0 radical (unpaired) electrons. The molecule has 1 aromatic rings. The van der Waals surface area contributed by atoms with Crippen LogP contribution in [0.5, 0.6) is 0 Å². The van der Waals surface area contributed by atoms with Crippen LogP contribution in [0.4, 0.5) is 0 Å². The Hall–Kier alpha value is -0.860. The highest BCUT2D eigenvalue weighted by Gasteiger charge is 2.24. The lowest BCUT2D eigenvalue weighted by atomic mass is 10.1. The van der Waals surface area contributed by atoms with Crippen LogP contribution in [0, 0.1) is 0 Å². The molecule has 2 rings (SSSR count). The molecule has 0 bridgehead atoms. The Labute approximate surface area is 65.4 Å². The first kappa shape index (κ1) is 6.83. The Morgan fingerprint density at radius 3 is 3.00 bits per heavy atom. The van der Waals surface area contributed by atoms with Crippen LogP contribution >= 0.6 is 0 Å². The SMILES string of the molecule is OCc1cccc(C2CO2)c1. The molecule has 0 saturated carbocycles. The first-order valence-electron chi connectivity index (χ1n) is 3.71. The van der Waals surface area contributed by atoms with E-state index < -0.39 is 0 Å². The summed E-state index contributed by atoms with van der Waals surface area (Å²) in [6, 6.07) is 7.86. The Kier molecular flexibility index (Phi) is 1.64. The number of hydrogen-bond donors (Lipinski definition) is 1. The fourth-order valence-corrected chi connectivity index (χ4v) is 1.13. The Bertz CT molecular complexity index is 253. The largest absolute Gasteiger partial charge is 0.392 e. The summed E-state index contributed by atoms with van der Waals surface area (Å²) in [6.45, 7) is 0.940. The highest BCUT2D eigenvalue weighted by atomic mass is 16.6. The summed E-state index contributed by atoms with van der Waals surface area (Å²) in [5, 5.41) is 8.82. The zero-order valence-corrected chi connectivity index (χ0v) is 6.16. The summed E-state index contributed by atoms with van der Waals surface area (Å²) in [4.78, 5) is 0. The summed E-state index contributed by atoms with van der Waals surface area (Å²) in [5.74, 6) is 0. The van der Waals surface area contributed by atoms with Crippen LogP contribution in [0.3, 0.4) is 0 Å². The summed E-state index contributed by atoms with van der Waals surface area (Å²) in [6.07, 6.45) is 0.293. The van der Waals surface area contributed by atoms with E-state index in [-0.39, 0.29) is 6.61 Å². The molecular weight excluding hydrogens is 140 g/mol. The van der Waals surface area contributed by atoms with Crippen molar-refractivity contribution in [3.63, 3.8) is 0 Å². The molecule has 1 aliphatic heterocycles. The van der Waals surface area contributed by atoms with E-state index in [9.17, 15) is 0 Å². The number of epoxide rings is 1. The highest BCUT2D eigenvalue weighted by molar-refractivity contribution is 5.26. The zero-order valence-electron chi connectivity index (χ0n) is 6.16. The van der Waals surface area contributed by atoms with Crippen molar-refractivity contribution in [2.45, 2.75) is 12.7 Å². The lowest BCUT2D eigenvalue weighted by molar-refractivity contribution is 0.281. The van der Waals surface area contributed by atoms with Crippen LogP contribution in [-0.2, 0) is 11.3 Å². The molecule has 11 heavy (non-hydrogen) atoms. The van der Waals surface area contributed by atoms with Crippen LogP contribution in [0.15, 0.2) is 24.3 Å². The van der Waals surface area contributed by atoms with E-state index in [1.807, 2.05) is 24.3 Å². The van der Waals surface area contributed by atoms with Crippen molar-refractivity contribution in [1.29, 1.82) is 0 Å². The number of benzene rings is 1. The van der Waals surface area contributed by atoms with Gasteiger partial charge in [0.05, 0.1) is 13.2 Å². The van der Waals surface area contributed by atoms with Gasteiger partial charge >= 0.3 is 0 Å². The molecule has 2 heteroatoms. The molecule has 1 saturated heterocycles. The number of rotatable bonds is 2. The summed E-state index contributed by atoms with van der Waals surface area (Å²) in [7, 11) is 0. The van der Waals surface area contributed by atoms with Gasteiger partial charge in [0.25, 0.3) is 0 Å². The van der Waals surface area contributed by atoms with Crippen molar-refractivity contribution in [2.24, 2.45) is 0 Å². The highest BCUT2D eigenvalue weighted by Crippen LogP contribution is 2.29. The fraction of sp³-hybridized carbons (Fsp3) is 0.333. The second-order valence-corrected chi connectivity index (χ2v) is 2.73. The van der Waals surface area contributed by atoms with Gasteiger partial charge in [-0.1, -0.05) is 24.3 Å². The smallest absolute Gasteiger partial charge is 0.106 e. The third-order valence-electron chi connectivity index (χ3n) is 1.84. The molecule has 2 nitrogen and oxygen atoms in total. The molecule has 1 aliphatic rings. The monoisotopic (exact) mass is 150 g/mol. The number of ether oxygens (including phenoxy) is 1. The maximum Gasteiger partial charge on any atom is 0.106 e. The first-order valence-corrected chi connectivity index (χ1v) is 3.71. The van der Waals surface area contributed by atoms with Crippen LogP contribution in [0.2, 0.25) is 0 Å². The molecule has 1 atom stereocenters. The van der Waals surface area contributed by atoms with Crippen molar-refractivity contribution in [3.8, 4) is 0 Å². The maximum absolute atomic E-state index is 8.82. The zero-order chi connectivity index (χ0) is 7.68. The quantitative estimate of drug-likeness (QED) is 0.643. The lowest BCUT2D eigenvalue weighted by Crippen LogP contribution is -1.85. The van der Waals surface area contributed by atoms with Gasteiger partial charge in [-0.15, -0.1) is 0 Å². The molecule has 1 unspecified atom stereocenters. The van der Waals surface area contributed by atoms with Crippen LogP contribution in [-0.4, -0.2) is 11.7 Å². The van der Waals surface area contributed by atoms with Crippen molar-refractivity contribution in [2.75, 3.05) is 6.61 Å². The second-order valence-electron chi connectivity index (χ2n) is 2.73. The van der Waals surface area contributed by atoms with E-state index in [2.05, 4.69) is 0 Å². The molecular formula is C9H10O2. The van der Waals surface area contributed by atoms with Gasteiger partial charge in [-0.05, 0) is 11.1 Å². The predicted octanol–water partition coefficient (Wildman–Crippen LogP) is 1.25. The standard InChI is InChI=1S/C9H10O2/c10-5-7-2-1-3-8(4-7)9-6-11-9/h1-4,9-10H,5-6H2. The number of aliphatic hydroxyl groups excluding tert-OH is 1. The van der Waals surface area contributed by atoms with E-state index in [0.717, 1.165) is 12.2 Å². The fourth-order valence-electron chi connectivity index (χ4n) is 1.13. The average molecular weight is 150 g/mol. The van der Waals surface area contributed by atoms with Gasteiger partial charge in [0, 0.05) is 0 Å². The van der Waals surface area contributed by atoms with Crippen LogP contribution in [0.25, 0.3) is 0 Å². The van der Waals surface area contributed by atoms with Gasteiger partial charge < -0.3 is 9.84 Å². The van der Waals surface area contributed by atoms with E-state index >= 15 is 0 Å². The molecule has 0 aliphatic carbocycles. The van der Waals surface area contributed by atoms with Crippen LogP contribution in [0.1, 0.15) is 17.2 Å². The molecule has 1 heterocycles. The third-order valence-corrected chi connectivity index (χ3v) is 1.84. The van der Waals surface area contributed by atoms with Gasteiger partial charge in [-0.3, -0.25) is 0 Å². The molecule has 1 fully saturated rings. The summed E-state index contributed by atoms with van der Waals surface area (Å²) < 4.78 is 5.11. The normalized spacial score (nSPS) is 21.7. The lowest BCUT2D eigenvalue weighted by Gasteiger charge is -1.98. The summed E-state index contributed by atoms with van der Waals surface area (Å²) >= 11 is 0. The van der Waals surface area contributed by atoms with E-state index in [4.69, 9.17) is 9.84 Å². The van der Waals surface area contributed by atoms with Crippen LogP contribution < -0.4 is 0 Å². The minimum Gasteiger partial charge on any atom is -0.392 e. The minimum absolute atomic E-state index is 0.112. The predicted molar refractivity (Wildman–Crippen MR) is 41.1 cm³/mol. The second kappa shape index (κ2) is 2.64. The first-order chi connectivity index (χ1) is 5.40.